The highest BCUT2D eigenvalue weighted by atomic mass is 35.5. The first-order valence-corrected chi connectivity index (χ1v) is 10.5. The number of aromatic amines is 1. The van der Waals surface area contributed by atoms with Crippen LogP contribution in [0.25, 0.3) is 10.9 Å². The summed E-state index contributed by atoms with van der Waals surface area (Å²) in [5.41, 5.74) is -0.534. The minimum absolute atomic E-state index is 0.00986. The highest BCUT2D eigenvalue weighted by Crippen LogP contribution is 2.42. The molecule has 0 aliphatic rings. The Hall–Kier alpha value is -2.97. The molecule has 0 fully saturated rings. The summed E-state index contributed by atoms with van der Waals surface area (Å²) in [4.78, 5) is 2.95. The van der Waals surface area contributed by atoms with Crippen LogP contribution in [0.15, 0.2) is 82.7 Å². The summed E-state index contributed by atoms with van der Waals surface area (Å²) in [5, 5.41) is 0.0769. The van der Waals surface area contributed by atoms with Gasteiger partial charge in [0, 0.05) is 17.1 Å². The molecule has 0 spiro atoms. The first kappa shape index (κ1) is 20.3. The van der Waals surface area contributed by atoms with Crippen molar-refractivity contribution < 1.29 is 26.3 Å². The molecule has 1 aromatic heterocycles. The predicted octanol–water partition coefficient (Wildman–Crippen LogP) is 6.47. The van der Waals surface area contributed by atoms with E-state index in [9.17, 15) is 21.6 Å². The Balaban J connectivity index is 1.81. The third kappa shape index (κ3) is 3.64. The number of halogens is 4. The largest absolute Gasteiger partial charge is 0.455 e. The van der Waals surface area contributed by atoms with E-state index in [-0.39, 0.29) is 25.9 Å². The van der Waals surface area contributed by atoms with Crippen molar-refractivity contribution in [3.05, 3.63) is 83.5 Å². The average molecular weight is 452 g/mol. The minimum Gasteiger partial charge on any atom is -0.455 e. The maximum atomic E-state index is 13.3. The molecule has 0 saturated heterocycles. The van der Waals surface area contributed by atoms with E-state index in [1.807, 2.05) is 0 Å². The molecule has 0 saturated carbocycles. The predicted molar refractivity (Wildman–Crippen MR) is 107 cm³/mol. The molecule has 154 valence electrons. The molecule has 30 heavy (non-hydrogen) atoms. The number of nitrogens with one attached hydrogen (secondary N) is 1. The first-order chi connectivity index (χ1) is 14.2. The zero-order valence-corrected chi connectivity index (χ0v) is 16.6. The fourth-order valence-electron chi connectivity index (χ4n) is 3.04. The van der Waals surface area contributed by atoms with Crippen LogP contribution in [0, 0.1) is 0 Å². The van der Waals surface area contributed by atoms with Gasteiger partial charge in [0.15, 0.2) is 5.75 Å². The van der Waals surface area contributed by atoms with Gasteiger partial charge in [-0.05, 0) is 42.5 Å². The van der Waals surface area contributed by atoms with E-state index < -0.39 is 27.3 Å². The van der Waals surface area contributed by atoms with Crippen molar-refractivity contribution in [1.29, 1.82) is 0 Å². The van der Waals surface area contributed by atoms with Crippen molar-refractivity contribution in [2.75, 3.05) is 0 Å². The second-order valence-electron chi connectivity index (χ2n) is 6.39. The van der Waals surface area contributed by atoms with Crippen molar-refractivity contribution in [2.45, 2.75) is 16.0 Å². The van der Waals surface area contributed by atoms with Gasteiger partial charge >= 0.3 is 6.18 Å². The minimum atomic E-state index is -4.67. The van der Waals surface area contributed by atoms with Crippen LogP contribution in [-0.2, 0) is 16.0 Å². The van der Waals surface area contributed by atoms with Gasteiger partial charge in [0.1, 0.15) is 5.75 Å². The fraction of sp³-hybridized carbons (Fsp3) is 0.0476. The Kier molecular flexibility index (Phi) is 4.99. The summed E-state index contributed by atoms with van der Waals surface area (Å²) in [6, 6.07) is 15.5. The van der Waals surface area contributed by atoms with Gasteiger partial charge in [-0.25, -0.2) is 8.42 Å². The molecule has 0 unspecified atom stereocenters. The van der Waals surface area contributed by atoms with Gasteiger partial charge in [-0.3, -0.25) is 0 Å². The van der Waals surface area contributed by atoms with Crippen LogP contribution in [0.2, 0.25) is 5.02 Å². The van der Waals surface area contributed by atoms with Crippen LogP contribution >= 0.6 is 11.6 Å². The number of para-hydroxylation sites is 1. The molecule has 4 nitrogen and oxygen atoms in total. The molecule has 3 aromatic carbocycles. The van der Waals surface area contributed by atoms with Gasteiger partial charge in [-0.2, -0.15) is 13.2 Å². The number of ether oxygens (including phenoxy) is 1. The standard InChI is InChI=1S/C21H13ClF3NO3S/c22-17-8-4-7-16(21(23,24)25)20(17)29-13-9-10-18-15(11-13)19(12-26-18)30(27,28)14-5-2-1-3-6-14/h1-12,26H. The number of H-pyrrole nitrogens is 1. The van der Waals surface area contributed by atoms with Crippen LogP contribution in [-0.4, -0.2) is 13.4 Å². The lowest BCUT2D eigenvalue weighted by molar-refractivity contribution is -0.138. The number of alkyl halides is 3. The van der Waals surface area contributed by atoms with Gasteiger partial charge in [0.05, 0.1) is 20.4 Å². The lowest BCUT2D eigenvalue weighted by Crippen LogP contribution is -2.07. The van der Waals surface area contributed by atoms with Gasteiger partial charge < -0.3 is 9.72 Å². The van der Waals surface area contributed by atoms with E-state index in [1.54, 1.807) is 18.2 Å². The summed E-state index contributed by atoms with van der Waals surface area (Å²) in [7, 11) is -3.84. The van der Waals surface area contributed by atoms with Crippen LogP contribution in [0.4, 0.5) is 13.2 Å². The van der Waals surface area contributed by atoms with Crippen LogP contribution in [0.5, 0.6) is 11.5 Å². The van der Waals surface area contributed by atoms with E-state index in [4.69, 9.17) is 16.3 Å². The van der Waals surface area contributed by atoms with E-state index in [0.29, 0.717) is 5.52 Å². The summed E-state index contributed by atoms with van der Waals surface area (Å²) in [5.74, 6) is -0.528. The van der Waals surface area contributed by atoms with Crippen molar-refractivity contribution in [2.24, 2.45) is 0 Å². The Bertz CT molecular complexity index is 1330. The molecule has 4 aromatic rings. The monoisotopic (exact) mass is 451 g/mol. The maximum absolute atomic E-state index is 13.3. The number of sulfone groups is 1. The summed E-state index contributed by atoms with van der Waals surface area (Å²) < 4.78 is 71.4. The molecular formula is C21H13ClF3NO3S. The number of hydrogen-bond donors (Lipinski definition) is 1. The lowest BCUT2D eigenvalue weighted by Gasteiger charge is -2.15. The number of aromatic nitrogens is 1. The average Bonchev–Trinajstić information content (AvgIpc) is 3.13. The number of rotatable bonds is 4. The zero-order valence-electron chi connectivity index (χ0n) is 15.1. The fourth-order valence-corrected chi connectivity index (χ4v) is 4.70. The van der Waals surface area contributed by atoms with Gasteiger partial charge in [-0.1, -0.05) is 35.9 Å². The smallest absolute Gasteiger partial charge is 0.420 e. The Labute approximate surface area is 174 Å². The third-order valence-corrected chi connectivity index (χ3v) is 6.56. The zero-order chi connectivity index (χ0) is 21.5. The molecule has 0 amide bonds. The highest BCUT2D eigenvalue weighted by molar-refractivity contribution is 7.91. The third-order valence-electron chi connectivity index (χ3n) is 4.45. The summed E-state index contributed by atoms with van der Waals surface area (Å²) in [6.45, 7) is 0. The van der Waals surface area contributed by atoms with E-state index >= 15 is 0 Å². The topological polar surface area (TPSA) is 59.2 Å². The van der Waals surface area contributed by atoms with Gasteiger partial charge in [-0.15, -0.1) is 0 Å². The van der Waals surface area contributed by atoms with Crippen molar-refractivity contribution >= 4 is 32.3 Å². The second kappa shape index (κ2) is 7.37. The molecule has 0 radical (unpaired) electrons. The van der Waals surface area contributed by atoms with Gasteiger partial charge in [0.25, 0.3) is 0 Å². The van der Waals surface area contributed by atoms with Crippen molar-refractivity contribution in [3.63, 3.8) is 0 Å². The Morgan fingerprint density at radius 3 is 2.37 bits per heavy atom. The van der Waals surface area contributed by atoms with E-state index in [0.717, 1.165) is 6.07 Å². The maximum Gasteiger partial charge on any atom is 0.420 e. The molecule has 9 heteroatoms. The van der Waals surface area contributed by atoms with Crippen molar-refractivity contribution in [3.8, 4) is 11.5 Å². The Morgan fingerprint density at radius 1 is 0.933 bits per heavy atom. The number of hydrogen-bond acceptors (Lipinski definition) is 3. The quantitative estimate of drug-likeness (QED) is 0.387. The van der Waals surface area contributed by atoms with Gasteiger partial charge in [0.2, 0.25) is 9.84 Å². The number of benzene rings is 3. The van der Waals surface area contributed by atoms with Crippen LogP contribution in [0.3, 0.4) is 0 Å². The van der Waals surface area contributed by atoms with Crippen molar-refractivity contribution in [1.82, 2.24) is 4.98 Å². The molecule has 0 bridgehead atoms. The van der Waals surface area contributed by atoms with Crippen LogP contribution in [0.1, 0.15) is 5.56 Å². The molecule has 4 rings (SSSR count). The molecule has 0 atom stereocenters. The molecule has 1 N–H and O–H groups in total. The summed E-state index contributed by atoms with van der Waals surface area (Å²) in [6.07, 6.45) is -3.33. The highest BCUT2D eigenvalue weighted by Gasteiger charge is 2.35. The molecule has 0 aliphatic heterocycles. The Morgan fingerprint density at radius 2 is 1.67 bits per heavy atom. The molecular weight excluding hydrogens is 439 g/mol. The number of fused-ring (bicyclic) bond motifs is 1. The lowest BCUT2D eigenvalue weighted by atomic mass is 10.2. The first-order valence-electron chi connectivity index (χ1n) is 8.63. The van der Waals surface area contributed by atoms with E-state index in [1.165, 1.54) is 48.7 Å². The SMILES string of the molecule is O=S(=O)(c1ccccc1)c1c[nH]c2ccc(Oc3c(Cl)cccc3C(F)(F)F)cc12. The molecule has 1 heterocycles. The van der Waals surface area contributed by atoms with Crippen LogP contribution < -0.4 is 4.74 Å². The second-order valence-corrected chi connectivity index (χ2v) is 8.72. The molecule has 0 aliphatic carbocycles. The normalized spacial score (nSPS) is 12.3. The van der Waals surface area contributed by atoms with E-state index in [2.05, 4.69) is 4.98 Å². The summed E-state index contributed by atoms with van der Waals surface area (Å²) >= 11 is 5.94.